The van der Waals surface area contributed by atoms with Gasteiger partial charge >= 0.3 is 0 Å². The fourth-order valence-corrected chi connectivity index (χ4v) is 3.45. The monoisotopic (exact) mass is 275 g/mol. The molecule has 0 saturated carbocycles. The smallest absolute Gasteiger partial charge is 0.0581 e. The summed E-state index contributed by atoms with van der Waals surface area (Å²) in [6.07, 6.45) is 2.31. The third kappa shape index (κ3) is 3.19. The zero-order chi connectivity index (χ0) is 13.8. The lowest BCUT2D eigenvalue weighted by Gasteiger charge is -2.40. The molecule has 0 radical (unpaired) electrons. The first-order valence-electron chi connectivity index (χ1n) is 7.80. The number of pyridine rings is 1. The second-order valence-electron chi connectivity index (χ2n) is 5.88. The molecule has 0 unspecified atom stereocenters. The number of nitrogens with one attached hydrogen (secondary N) is 1. The van der Waals surface area contributed by atoms with Gasteiger partial charge in [-0.2, -0.15) is 0 Å². The molecule has 3 heterocycles. The van der Waals surface area contributed by atoms with E-state index in [1.54, 1.807) is 0 Å². The van der Waals surface area contributed by atoms with E-state index in [9.17, 15) is 0 Å². The summed E-state index contributed by atoms with van der Waals surface area (Å²) < 4.78 is 5.55. The summed E-state index contributed by atoms with van der Waals surface area (Å²) in [5.41, 5.74) is 2.37. The standard InChI is InChI=1S/C16H25N3O/c1-13-3-2-4-15(18-13)16(14-5-11-20-12-6-14)19-9-7-17-8-10-19/h2-4,14,16-17H,5-12H2,1H3/t16-/m1/s1. The van der Waals surface area contributed by atoms with Gasteiger partial charge in [0.25, 0.3) is 0 Å². The Morgan fingerprint density at radius 1 is 1.25 bits per heavy atom. The highest BCUT2D eigenvalue weighted by Gasteiger charge is 2.32. The van der Waals surface area contributed by atoms with Gasteiger partial charge in [0.05, 0.1) is 11.7 Å². The van der Waals surface area contributed by atoms with Crippen LogP contribution in [0, 0.1) is 12.8 Å². The van der Waals surface area contributed by atoms with Crippen molar-refractivity contribution in [1.82, 2.24) is 15.2 Å². The summed E-state index contributed by atoms with van der Waals surface area (Å²) in [5, 5.41) is 3.45. The Labute approximate surface area is 121 Å². The number of piperazine rings is 1. The minimum atomic E-state index is 0.459. The normalized spacial score (nSPS) is 23.6. The van der Waals surface area contributed by atoms with E-state index in [2.05, 4.69) is 35.3 Å². The molecule has 3 rings (SSSR count). The van der Waals surface area contributed by atoms with Gasteiger partial charge in [0, 0.05) is 45.1 Å². The predicted molar refractivity (Wildman–Crippen MR) is 79.7 cm³/mol. The number of aromatic nitrogens is 1. The van der Waals surface area contributed by atoms with Gasteiger partial charge in [0.1, 0.15) is 0 Å². The molecule has 0 bridgehead atoms. The molecular weight excluding hydrogens is 250 g/mol. The Hall–Kier alpha value is -0.970. The molecule has 2 aliphatic rings. The van der Waals surface area contributed by atoms with Gasteiger partial charge in [-0.15, -0.1) is 0 Å². The summed E-state index contributed by atoms with van der Waals surface area (Å²) >= 11 is 0. The van der Waals surface area contributed by atoms with Crippen molar-refractivity contribution >= 4 is 0 Å². The van der Waals surface area contributed by atoms with Crippen LogP contribution in [0.4, 0.5) is 0 Å². The molecule has 1 aromatic heterocycles. The van der Waals surface area contributed by atoms with Gasteiger partial charge in [-0.25, -0.2) is 0 Å². The molecule has 4 heteroatoms. The maximum absolute atomic E-state index is 5.55. The lowest BCUT2D eigenvalue weighted by atomic mass is 9.87. The first-order valence-corrected chi connectivity index (χ1v) is 7.80. The van der Waals surface area contributed by atoms with Crippen LogP contribution >= 0.6 is 0 Å². The van der Waals surface area contributed by atoms with Crippen LogP contribution in [-0.4, -0.2) is 49.3 Å². The number of rotatable bonds is 3. The zero-order valence-corrected chi connectivity index (χ0v) is 12.3. The molecule has 20 heavy (non-hydrogen) atoms. The molecule has 1 aromatic rings. The van der Waals surface area contributed by atoms with Crippen LogP contribution in [0.15, 0.2) is 18.2 Å². The first kappa shape index (κ1) is 14.0. The third-order valence-corrected chi connectivity index (χ3v) is 4.47. The Kier molecular flexibility index (Phi) is 4.65. The van der Waals surface area contributed by atoms with Crippen molar-refractivity contribution in [1.29, 1.82) is 0 Å². The molecule has 0 spiro atoms. The molecule has 2 aliphatic heterocycles. The number of aryl methyl sites for hydroxylation is 1. The van der Waals surface area contributed by atoms with Crippen LogP contribution in [0.25, 0.3) is 0 Å². The fourth-order valence-electron chi connectivity index (χ4n) is 3.45. The molecule has 2 saturated heterocycles. The summed E-state index contributed by atoms with van der Waals surface area (Å²) in [6.45, 7) is 8.31. The van der Waals surface area contributed by atoms with E-state index >= 15 is 0 Å². The Morgan fingerprint density at radius 3 is 2.70 bits per heavy atom. The molecule has 0 aromatic carbocycles. The van der Waals surface area contributed by atoms with Gasteiger partial charge in [-0.05, 0) is 37.8 Å². The average molecular weight is 275 g/mol. The first-order chi connectivity index (χ1) is 9.84. The molecule has 1 atom stereocenters. The van der Waals surface area contributed by atoms with Crippen molar-refractivity contribution in [2.45, 2.75) is 25.8 Å². The van der Waals surface area contributed by atoms with E-state index in [-0.39, 0.29) is 0 Å². The second-order valence-corrected chi connectivity index (χ2v) is 5.88. The van der Waals surface area contributed by atoms with E-state index in [4.69, 9.17) is 9.72 Å². The van der Waals surface area contributed by atoms with Crippen molar-refractivity contribution in [3.63, 3.8) is 0 Å². The van der Waals surface area contributed by atoms with Crippen LogP contribution in [0.5, 0.6) is 0 Å². The van der Waals surface area contributed by atoms with Crippen LogP contribution in [-0.2, 0) is 4.74 Å². The minimum absolute atomic E-state index is 0.459. The van der Waals surface area contributed by atoms with Crippen molar-refractivity contribution in [2.75, 3.05) is 39.4 Å². The molecule has 0 amide bonds. The number of ether oxygens (including phenoxy) is 1. The third-order valence-electron chi connectivity index (χ3n) is 4.47. The number of hydrogen-bond donors (Lipinski definition) is 1. The Bertz CT molecular complexity index is 407. The van der Waals surface area contributed by atoms with Crippen LogP contribution in [0.1, 0.15) is 30.3 Å². The maximum atomic E-state index is 5.55. The molecule has 2 fully saturated rings. The van der Waals surface area contributed by atoms with E-state index < -0.39 is 0 Å². The lowest BCUT2D eigenvalue weighted by Crippen LogP contribution is -2.47. The zero-order valence-electron chi connectivity index (χ0n) is 12.3. The summed E-state index contributed by atoms with van der Waals surface area (Å²) in [6, 6.07) is 6.89. The van der Waals surface area contributed by atoms with Crippen molar-refractivity contribution < 1.29 is 4.74 Å². The van der Waals surface area contributed by atoms with Crippen LogP contribution < -0.4 is 5.32 Å². The second kappa shape index (κ2) is 6.66. The quantitative estimate of drug-likeness (QED) is 0.912. The largest absolute Gasteiger partial charge is 0.381 e. The van der Waals surface area contributed by atoms with E-state index in [1.165, 1.54) is 5.69 Å². The van der Waals surface area contributed by atoms with Crippen molar-refractivity contribution in [2.24, 2.45) is 5.92 Å². The molecule has 1 N–H and O–H groups in total. The topological polar surface area (TPSA) is 37.4 Å². The maximum Gasteiger partial charge on any atom is 0.0581 e. The number of hydrogen-bond acceptors (Lipinski definition) is 4. The van der Waals surface area contributed by atoms with Crippen molar-refractivity contribution in [3.8, 4) is 0 Å². The summed E-state index contributed by atoms with van der Waals surface area (Å²) in [5.74, 6) is 0.677. The molecule has 110 valence electrons. The highest BCUT2D eigenvalue weighted by atomic mass is 16.5. The molecule has 4 nitrogen and oxygen atoms in total. The van der Waals surface area contributed by atoms with Crippen LogP contribution in [0.2, 0.25) is 0 Å². The SMILES string of the molecule is Cc1cccc([C@@H](C2CCOCC2)N2CCNCC2)n1. The summed E-state index contributed by atoms with van der Waals surface area (Å²) in [4.78, 5) is 7.44. The molecule has 0 aliphatic carbocycles. The minimum Gasteiger partial charge on any atom is -0.381 e. The van der Waals surface area contributed by atoms with Crippen LogP contribution in [0.3, 0.4) is 0 Å². The van der Waals surface area contributed by atoms with Gasteiger partial charge < -0.3 is 10.1 Å². The number of nitrogens with zero attached hydrogens (tertiary/aromatic N) is 2. The van der Waals surface area contributed by atoms with Gasteiger partial charge in [-0.3, -0.25) is 9.88 Å². The summed E-state index contributed by atoms with van der Waals surface area (Å²) in [7, 11) is 0. The van der Waals surface area contributed by atoms with Crippen molar-refractivity contribution in [3.05, 3.63) is 29.6 Å². The highest BCUT2D eigenvalue weighted by Crippen LogP contribution is 2.34. The van der Waals surface area contributed by atoms with E-state index in [0.29, 0.717) is 12.0 Å². The average Bonchev–Trinajstić information content (AvgIpc) is 2.50. The molecular formula is C16H25N3O. The van der Waals surface area contributed by atoms with E-state index in [1.807, 2.05) is 0 Å². The Morgan fingerprint density at radius 2 is 2.00 bits per heavy atom. The highest BCUT2D eigenvalue weighted by molar-refractivity contribution is 5.15. The fraction of sp³-hybridized carbons (Fsp3) is 0.688. The lowest BCUT2D eigenvalue weighted by molar-refractivity contribution is 0.0200. The van der Waals surface area contributed by atoms with Gasteiger partial charge in [-0.1, -0.05) is 6.07 Å². The predicted octanol–water partition coefficient (Wildman–Crippen LogP) is 1.76. The van der Waals surface area contributed by atoms with E-state index in [0.717, 1.165) is 57.9 Å². The van der Waals surface area contributed by atoms with Gasteiger partial charge in [0.15, 0.2) is 0 Å². The van der Waals surface area contributed by atoms with Gasteiger partial charge in [0.2, 0.25) is 0 Å². The Balaban J connectivity index is 1.85.